The molecule has 0 amide bonds. The van der Waals surface area contributed by atoms with Crippen LogP contribution >= 0.6 is 0 Å². The summed E-state index contributed by atoms with van der Waals surface area (Å²) >= 11 is 0. The largest absolute Gasteiger partial charge is 0.478 e. The minimum atomic E-state index is -4.39. The van der Waals surface area contributed by atoms with Crippen LogP contribution in [0.2, 0.25) is 0 Å². The Hall–Kier alpha value is -1.46. The van der Waals surface area contributed by atoms with Crippen LogP contribution in [0.15, 0.2) is 12.1 Å². The van der Waals surface area contributed by atoms with Gasteiger partial charge in [-0.3, -0.25) is 0 Å². The van der Waals surface area contributed by atoms with Crippen molar-refractivity contribution >= 4 is 5.82 Å². The number of nitrogens with one attached hydrogen (secondary N) is 1. The molecule has 0 spiro atoms. The first-order chi connectivity index (χ1) is 8.47. The summed E-state index contributed by atoms with van der Waals surface area (Å²) in [6.07, 6.45) is -2.87. The minimum Gasteiger partial charge on any atom is -0.478 e. The van der Waals surface area contributed by atoms with Gasteiger partial charge in [0.1, 0.15) is 5.82 Å². The van der Waals surface area contributed by atoms with E-state index in [2.05, 4.69) is 10.3 Å². The molecule has 0 radical (unpaired) electrons. The van der Waals surface area contributed by atoms with Crippen molar-refractivity contribution < 1.29 is 17.9 Å². The normalized spacial score (nSPS) is 11.4. The third kappa shape index (κ3) is 4.43. The van der Waals surface area contributed by atoms with Gasteiger partial charge in [0.2, 0.25) is 5.88 Å². The fourth-order valence-electron chi connectivity index (χ4n) is 1.29. The van der Waals surface area contributed by atoms with Crippen molar-refractivity contribution in [3.8, 4) is 5.88 Å². The van der Waals surface area contributed by atoms with Gasteiger partial charge in [0.15, 0.2) is 0 Å². The van der Waals surface area contributed by atoms with Crippen molar-refractivity contribution in [3.63, 3.8) is 0 Å². The molecule has 0 aromatic carbocycles. The Labute approximate surface area is 104 Å². The van der Waals surface area contributed by atoms with Gasteiger partial charge in [0, 0.05) is 12.6 Å². The highest BCUT2D eigenvalue weighted by atomic mass is 19.4. The number of pyridine rings is 1. The van der Waals surface area contributed by atoms with Crippen molar-refractivity contribution in [2.45, 2.75) is 32.9 Å². The monoisotopic (exact) mass is 262 g/mol. The zero-order valence-electron chi connectivity index (χ0n) is 10.5. The molecule has 0 unspecified atom stereocenters. The first kappa shape index (κ1) is 14.6. The number of rotatable bonds is 6. The van der Waals surface area contributed by atoms with Gasteiger partial charge in [-0.1, -0.05) is 13.8 Å². The lowest BCUT2D eigenvalue weighted by Gasteiger charge is -2.12. The van der Waals surface area contributed by atoms with Gasteiger partial charge in [0.25, 0.3) is 0 Å². The molecule has 0 aliphatic heterocycles. The smallest absolute Gasteiger partial charge is 0.416 e. The van der Waals surface area contributed by atoms with Crippen LogP contribution in [0.25, 0.3) is 0 Å². The van der Waals surface area contributed by atoms with Gasteiger partial charge in [-0.2, -0.15) is 18.2 Å². The highest BCUT2D eigenvalue weighted by Crippen LogP contribution is 2.32. The van der Waals surface area contributed by atoms with E-state index < -0.39 is 11.7 Å². The van der Waals surface area contributed by atoms with Crippen LogP contribution in [0.3, 0.4) is 0 Å². The minimum absolute atomic E-state index is 0.00489. The second-order valence-electron chi connectivity index (χ2n) is 3.85. The SMILES string of the molecule is CCCNc1cc(C(F)(F)F)cc(OCCC)n1. The first-order valence-electron chi connectivity index (χ1n) is 5.93. The average molecular weight is 262 g/mol. The lowest BCUT2D eigenvalue weighted by Crippen LogP contribution is -2.10. The Morgan fingerprint density at radius 3 is 2.50 bits per heavy atom. The standard InChI is InChI=1S/C12H17F3N2O/c1-3-5-16-10-7-9(12(13,14)15)8-11(17-10)18-6-4-2/h7-8H,3-6H2,1-2H3,(H,16,17). The maximum atomic E-state index is 12.7. The summed E-state index contributed by atoms with van der Waals surface area (Å²) in [5, 5.41) is 2.83. The molecule has 0 aliphatic rings. The Kier molecular flexibility index (Phi) is 5.25. The van der Waals surface area contributed by atoms with E-state index in [0.717, 1.165) is 25.0 Å². The topological polar surface area (TPSA) is 34.1 Å². The molecule has 0 saturated carbocycles. The van der Waals surface area contributed by atoms with E-state index in [1.54, 1.807) is 0 Å². The van der Waals surface area contributed by atoms with E-state index in [4.69, 9.17) is 4.74 Å². The number of nitrogens with zero attached hydrogens (tertiary/aromatic N) is 1. The summed E-state index contributed by atoms with van der Waals surface area (Å²) in [5.74, 6) is 0.197. The van der Waals surface area contributed by atoms with Gasteiger partial charge in [0.05, 0.1) is 12.2 Å². The van der Waals surface area contributed by atoms with Gasteiger partial charge >= 0.3 is 6.18 Å². The van der Waals surface area contributed by atoms with E-state index in [1.165, 1.54) is 0 Å². The molecule has 102 valence electrons. The highest BCUT2D eigenvalue weighted by Gasteiger charge is 2.31. The van der Waals surface area contributed by atoms with E-state index >= 15 is 0 Å². The van der Waals surface area contributed by atoms with Crippen molar-refractivity contribution in [3.05, 3.63) is 17.7 Å². The van der Waals surface area contributed by atoms with Crippen molar-refractivity contribution in [2.75, 3.05) is 18.5 Å². The van der Waals surface area contributed by atoms with E-state index in [1.807, 2.05) is 13.8 Å². The molecule has 0 bridgehead atoms. The maximum absolute atomic E-state index is 12.7. The zero-order valence-corrected chi connectivity index (χ0v) is 10.5. The van der Waals surface area contributed by atoms with Gasteiger partial charge in [-0.05, 0) is 18.9 Å². The quantitative estimate of drug-likeness (QED) is 0.848. The van der Waals surface area contributed by atoms with Gasteiger partial charge < -0.3 is 10.1 Å². The summed E-state index contributed by atoms with van der Waals surface area (Å²) in [5.41, 5.74) is -0.748. The van der Waals surface area contributed by atoms with Crippen LogP contribution in [0.1, 0.15) is 32.3 Å². The molecular weight excluding hydrogens is 245 g/mol. The molecule has 1 heterocycles. The fourth-order valence-corrected chi connectivity index (χ4v) is 1.29. The number of halogens is 3. The molecule has 3 nitrogen and oxygen atoms in total. The summed E-state index contributed by atoms with van der Waals surface area (Å²) in [4.78, 5) is 3.99. The highest BCUT2D eigenvalue weighted by molar-refractivity contribution is 5.42. The molecule has 18 heavy (non-hydrogen) atoms. The average Bonchev–Trinajstić information content (AvgIpc) is 2.32. The van der Waals surface area contributed by atoms with E-state index in [0.29, 0.717) is 13.2 Å². The zero-order chi connectivity index (χ0) is 13.6. The van der Waals surface area contributed by atoms with E-state index in [9.17, 15) is 13.2 Å². The van der Waals surface area contributed by atoms with Crippen LogP contribution in [0.4, 0.5) is 19.0 Å². The summed E-state index contributed by atoms with van der Waals surface area (Å²) in [6.45, 7) is 4.72. The van der Waals surface area contributed by atoms with Crippen molar-refractivity contribution in [2.24, 2.45) is 0 Å². The van der Waals surface area contributed by atoms with Gasteiger partial charge in [-0.15, -0.1) is 0 Å². The second-order valence-corrected chi connectivity index (χ2v) is 3.85. The van der Waals surface area contributed by atoms with Crippen LogP contribution in [0.5, 0.6) is 5.88 Å². The first-order valence-corrected chi connectivity index (χ1v) is 5.93. The molecule has 6 heteroatoms. The maximum Gasteiger partial charge on any atom is 0.416 e. The lowest BCUT2D eigenvalue weighted by atomic mass is 10.2. The second kappa shape index (κ2) is 6.47. The third-order valence-electron chi connectivity index (χ3n) is 2.14. The molecule has 0 aliphatic carbocycles. The van der Waals surface area contributed by atoms with Crippen LogP contribution < -0.4 is 10.1 Å². The molecular formula is C12H17F3N2O. The predicted molar refractivity (Wildman–Crippen MR) is 63.8 cm³/mol. The summed E-state index contributed by atoms with van der Waals surface area (Å²) < 4.78 is 43.2. The Morgan fingerprint density at radius 1 is 1.22 bits per heavy atom. The third-order valence-corrected chi connectivity index (χ3v) is 2.14. The van der Waals surface area contributed by atoms with Crippen LogP contribution in [-0.4, -0.2) is 18.1 Å². The Balaban J connectivity index is 2.96. The number of hydrogen-bond acceptors (Lipinski definition) is 3. The molecule has 1 aromatic rings. The Bertz CT molecular complexity index is 354. The van der Waals surface area contributed by atoms with Gasteiger partial charge in [-0.25, -0.2) is 0 Å². The Morgan fingerprint density at radius 2 is 1.94 bits per heavy atom. The van der Waals surface area contributed by atoms with Crippen molar-refractivity contribution in [1.29, 1.82) is 0 Å². The number of alkyl halides is 3. The van der Waals surface area contributed by atoms with Crippen molar-refractivity contribution in [1.82, 2.24) is 4.98 Å². The predicted octanol–water partition coefficient (Wildman–Crippen LogP) is 3.71. The number of hydrogen-bond donors (Lipinski definition) is 1. The molecule has 0 saturated heterocycles. The lowest BCUT2D eigenvalue weighted by molar-refractivity contribution is -0.137. The molecule has 1 aromatic heterocycles. The van der Waals surface area contributed by atoms with Crippen LogP contribution in [0, 0.1) is 0 Å². The molecule has 1 N–H and O–H groups in total. The summed E-state index contributed by atoms with van der Waals surface area (Å²) in [6, 6.07) is 1.92. The number of aromatic nitrogens is 1. The molecule has 1 rings (SSSR count). The fraction of sp³-hybridized carbons (Fsp3) is 0.583. The summed E-state index contributed by atoms with van der Waals surface area (Å²) in [7, 11) is 0. The number of ether oxygens (including phenoxy) is 1. The molecule has 0 fully saturated rings. The van der Waals surface area contributed by atoms with E-state index in [-0.39, 0.29) is 11.7 Å². The molecule has 0 atom stereocenters. The van der Waals surface area contributed by atoms with Crippen LogP contribution in [-0.2, 0) is 6.18 Å². The number of anilines is 1.